The molecule has 3 heteroatoms. The zero-order valence-electron chi connectivity index (χ0n) is 10.9. The number of hydrogen-bond acceptors (Lipinski definition) is 3. The molecule has 2 N–H and O–H groups in total. The highest BCUT2D eigenvalue weighted by Crippen LogP contribution is 2.36. The standard InChI is InChI=1S/C15H20N2O/c1-10-8-12-13(16)6-7-18-15(12)14(9-10)17-11-4-2-3-5-11/h8-9,11,16-17H,2-7H2,1H3. The highest BCUT2D eigenvalue weighted by Gasteiger charge is 2.22. The molecule has 0 unspecified atom stereocenters. The highest BCUT2D eigenvalue weighted by molar-refractivity contribution is 6.03. The Labute approximate surface area is 108 Å². The molecule has 0 aromatic heterocycles. The summed E-state index contributed by atoms with van der Waals surface area (Å²) in [5.41, 5.74) is 3.96. The van der Waals surface area contributed by atoms with Gasteiger partial charge in [0.05, 0.1) is 12.3 Å². The van der Waals surface area contributed by atoms with Crippen molar-refractivity contribution in [2.24, 2.45) is 0 Å². The van der Waals surface area contributed by atoms with Crippen molar-refractivity contribution < 1.29 is 4.74 Å². The van der Waals surface area contributed by atoms with Crippen LogP contribution < -0.4 is 10.1 Å². The number of anilines is 1. The van der Waals surface area contributed by atoms with Gasteiger partial charge in [-0.1, -0.05) is 12.8 Å². The first-order valence-corrected chi connectivity index (χ1v) is 6.86. The fourth-order valence-corrected chi connectivity index (χ4v) is 2.94. The largest absolute Gasteiger partial charge is 0.490 e. The summed E-state index contributed by atoms with van der Waals surface area (Å²) in [6.07, 6.45) is 5.87. The third-order valence-corrected chi connectivity index (χ3v) is 3.87. The second-order valence-electron chi connectivity index (χ2n) is 5.39. The third-order valence-electron chi connectivity index (χ3n) is 3.87. The molecule has 0 radical (unpaired) electrons. The Hall–Kier alpha value is -1.51. The van der Waals surface area contributed by atoms with E-state index in [1.807, 2.05) is 0 Å². The van der Waals surface area contributed by atoms with Gasteiger partial charge in [-0.2, -0.15) is 0 Å². The molecule has 1 aromatic carbocycles. The molecule has 1 aliphatic heterocycles. The fraction of sp³-hybridized carbons (Fsp3) is 0.533. The van der Waals surface area contributed by atoms with E-state index >= 15 is 0 Å². The molecule has 0 saturated heterocycles. The number of nitrogens with one attached hydrogen (secondary N) is 2. The van der Waals surface area contributed by atoms with Crippen molar-refractivity contribution in [3.8, 4) is 5.75 Å². The molecule has 3 nitrogen and oxygen atoms in total. The van der Waals surface area contributed by atoms with E-state index in [9.17, 15) is 0 Å². The molecular formula is C15H20N2O. The van der Waals surface area contributed by atoms with Crippen LogP contribution in [0.3, 0.4) is 0 Å². The third kappa shape index (κ3) is 2.09. The van der Waals surface area contributed by atoms with E-state index in [0.29, 0.717) is 18.4 Å². The van der Waals surface area contributed by atoms with Gasteiger partial charge in [-0.05, 0) is 37.5 Å². The summed E-state index contributed by atoms with van der Waals surface area (Å²) < 4.78 is 5.79. The predicted molar refractivity (Wildman–Crippen MR) is 74.0 cm³/mol. The van der Waals surface area contributed by atoms with Gasteiger partial charge in [0.25, 0.3) is 0 Å². The molecule has 1 heterocycles. The zero-order valence-corrected chi connectivity index (χ0v) is 10.9. The lowest BCUT2D eigenvalue weighted by atomic mass is 10.00. The first-order valence-electron chi connectivity index (χ1n) is 6.86. The molecule has 0 spiro atoms. The molecule has 1 saturated carbocycles. The maximum absolute atomic E-state index is 8.04. The summed E-state index contributed by atoms with van der Waals surface area (Å²) in [5, 5.41) is 11.6. The van der Waals surface area contributed by atoms with Crippen LogP contribution in [-0.4, -0.2) is 18.4 Å². The van der Waals surface area contributed by atoms with E-state index < -0.39 is 0 Å². The number of rotatable bonds is 2. The number of ether oxygens (including phenoxy) is 1. The molecule has 1 aliphatic carbocycles. The number of fused-ring (bicyclic) bond motifs is 1. The van der Waals surface area contributed by atoms with Crippen LogP contribution in [0.2, 0.25) is 0 Å². The Morgan fingerprint density at radius 2 is 2.06 bits per heavy atom. The molecule has 96 valence electrons. The van der Waals surface area contributed by atoms with Gasteiger partial charge in [0.15, 0.2) is 5.75 Å². The Balaban J connectivity index is 1.94. The fourth-order valence-electron chi connectivity index (χ4n) is 2.94. The lowest BCUT2D eigenvalue weighted by Gasteiger charge is -2.24. The quantitative estimate of drug-likeness (QED) is 0.836. The minimum absolute atomic E-state index is 0.579. The van der Waals surface area contributed by atoms with Crippen molar-refractivity contribution in [1.82, 2.24) is 0 Å². The van der Waals surface area contributed by atoms with Gasteiger partial charge in [0.1, 0.15) is 0 Å². The molecule has 2 aliphatic rings. The van der Waals surface area contributed by atoms with Crippen molar-refractivity contribution >= 4 is 11.4 Å². The average Bonchev–Trinajstić information content (AvgIpc) is 2.83. The van der Waals surface area contributed by atoms with Gasteiger partial charge in [0, 0.05) is 23.7 Å². The van der Waals surface area contributed by atoms with Crippen LogP contribution >= 0.6 is 0 Å². The Morgan fingerprint density at radius 3 is 2.83 bits per heavy atom. The maximum atomic E-state index is 8.04. The summed E-state index contributed by atoms with van der Waals surface area (Å²) in [6, 6.07) is 4.79. The van der Waals surface area contributed by atoms with Crippen molar-refractivity contribution in [2.75, 3.05) is 11.9 Å². The lowest BCUT2D eigenvalue weighted by molar-refractivity contribution is 0.321. The second kappa shape index (κ2) is 4.63. The number of benzene rings is 1. The topological polar surface area (TPSA) is 45.1 Å². The minimum atomic E-state index is 0.579. The maximum Gasteiger partial charge on any atom is 0.151 e. The van der Waals surface area contributed by atoms with Crippen molar-refractivity contribution in [1.29, 1.82) is 5.41 Å². The van der Waals surface area contributed by atoms with Crippen molar-refractivity contribution in [2.45, 2.75) is 45.1 Å². The molecule has 18 heavy (non-hydrogen) atoms. The average molecular weight is 244 g/mol. The van der Waals surface area contributed by atoms with Gasteiger partial charge in [-0.25, -0.2) is 0 Å². The summed E-state index contributed by atoms with van der Waals surface area (Å²) in [5.74, 6) is 0.892. The van der Waals surface area contributed by atoms with E-state index in [4.69, 9.17) is 10.1 Å². The Bertz CT molecular complexity index is 476. The summed E-state index contributed by atoms with van der Waals surface area (Å²) in [7, 11) is 0. The molecule has 1 aromatic rings. The molecule has 1 fully saturated rings. The number of hydrogen-bond donors (Lipinski definition) is 2. The SMILES string of the molecule is Cc1cc(NC2CCCC2)c2c(c1)C(=N)CCO2. The molecule has 3 rings (SSSR count). The normalized spacial score (nSPS) is 19.5. The van der Waals surface area contributed by atoms with E-state index in [1.54, 1.807) is 0 Å². The zero-order chi connectivity index (χ0) is 12.5. The Morgan fingerprint density at radius 1 is 1.28 bits per heavy atom. The van der Waals surface area contributed by atoms with Crippen molar-refractivity contribution in [3.05, 3.63) is 23.3 Å². The van der Waals surface area contributed by atoms with Crippen LogP contribution in [-0.2, 0) is 0 Å². The summed E-state index contributed by atoms with van der Waals surface area (Å²) in [4.78, 5) is 0. The van der Waals surface area contributed by atoms with Crippen LogP contribution in [0, 0.1) is 12.3 Å². The summed E-state index contributed by atoms with van der Waals surface area (Å²) in [6.45, 7) is 2.72. The minimum Gasteiger partial charge on any atom is -0.490 e. The van der Waals surface area contributed by atoms with E-state index in [0.717, 1.165) is 23.4 Å². The number of aryl methyl sites for hydroxylation is 1. The van der Waals surface area contributed by atoms with Crippen LogP contribution in [0.25, 0.3) is 0 Å². The molecule has 0 amide bonds. The van der Waals surface area contributed by atoms with Crippen LogP contribution in [0.15, 0.2) is 12.1 Å². The molecule has 0 atom stereocenters. The van der Waals surface area contributed by atoms with E-state index in [-0.39, 0.29) is 0 Å². The van der Waals surface area contributed by atoms with Crippen molar-refractivity contribution in [3.63, 3.8) is 0 Å². The molecule has 0 bridgehead atoms. The lowest BCUT2D eigenvalue weighted by Crippen LogP contribution is -2.20. The van der Waals surface area contributed by atoms with Gasteiger partial charge >= 0.3 is 0 Å². The van der Waals surface area contributed by atoms with Crippen LogP contribution in [0.4, 0.5) is 5.69 Å². The van der Waals surface area contributed by atoms with Gasteiger partial charge in [-0.3, -0.25) is 0 Å². The predicted octanol–water partition coefficient (Wildman–Crippen LogP) is 3.50. The first-order chi connectivity index (χ1) is 8.74. The Kier molecular flexibility index (Phi) is 2.98. The first kappa shape index (κ1) is 11.6. The second-order valence-corrected chi connectivity index (χ2v) is 5.39. The smallest absolute Gasteiger partial charge is 0.151 e. The van der Waals surface area contributed by atoms with Gasteiger partial charge in [-0.15, -0.1) is 0 Å². The van der Waals surface area contributed by atoms with Gasteiger partial charge < -0.3 is 15.5 Å². The van der Waals surface area contributed by atoms with E-state index in [1.165, 1.54) is 31.2 Å². The van der Waals surface area contributed by atoms with Gasteiger partial charge in [0.2, 0.25) is 0 Å². The monoisotopic (exact) mass is 244 g/mol. The van der Waals surface area contributed by atoms with Crippen LogP contribution in [0.1, 0.15) is 43.2 Å². The van der Waals surface area contributed by atoms with Crippen LogP contribution in [0.5, 0.6) is 5.75 Å². The highest BCUT2D eigenvalue weighted by atomic mass is 16.5. The van der Waals surface area contributed by atoms with E-state index in [2.05, 4.69) is 24.4 Å². The summed E-state index contributed by atoms with van der Waals surface area (Å²) >= 11 is 0. The molecular weight excluding hydrogens is 224 g/mol.